The van der Waals surface area contributed by atoms with Crippen LogP contribution in [-0.2, 0) is 9.53 Å². The number of methoxy groups -OCH3 is 1. The van der Waals surface area contributed by atoms with E-state index in [1.165, 1.54) is 64.2 Å². The molecular weight excluding hydrogens is 402 g/mol. The molecule has 0 aromatic carbocycles. The molecule has 0 saturated heterocycles. The molecule has 0 aromatic heterocycles. The van der Waals surface area contributed by atoms with Crippen molar-refractivity contribution in [3.63, 3.8) is 0 Å². The number of fused-ring (bicyclic) bond motifs is 5. The predicted octanol–water partition coefficient (Wildman–Crippen LogP) is 5.26. The Labute approximate surface area is 193 Å². The third kappa shape index (κ3) is 3.96. The van der Waals surface area contributed by atoms with Crippen LogP contribution in [0.4, 0.5) is 4.79 Å². The van der Waals surface area contributed by atoms with Gasteiger partial charge < -0.3 is 10.5 Å². The molecule has 4 saturated carbocycles. The standard InChI is InChI=1S/C26H43N3O3/c1-16(8-11-22(30)32-4)18-9-10-19-23-20(12-14-26(18,19)3)25(2)13-6-5-7-17(25)15-21(23)28-29-24(27)31/h16-20,23H,5-15H2,1-4H3,(H3,27,29,31)/t16-,17-,18+,19-,20+,23+,25-,26+/m0/s1. The van der Waals surface area contributed by atoms with E-state index in [4.69, 9.17) is 10.5 Å². The molecule has 0 heterocycles. The molecule has 4 rings (SSSR count). The number of nitrogens with one attached hydrogen (secondary N) is 1. The molecule has 180 valence electrons. The van der Waals surface area contributed by atoms with Gasteiger partial charge in [-0.3, -0.25) is 4.79 Å². The van der Waals surface area contributed by atoms with E-state index in [9.17, 15) is 9.59 Å². The van der Waals surface area contributed by atoms with Gasteiger partial charge in [0.25, 0.3) is 0 Å². The van der Waals surface area contributed by atoms with Gasteiger partial charge in [0, 0.05) is 18.1 Å². The van der Waals surface area contributed by atoms with E-state index in [-0.39, 0.29) is 11.4 Å². The Balaban J connectivity index is 1.61. The summed E-state index contributed by atoms with van der Waals surface area (Å²) in [7, 11) is 1.48. The monoisotopic (exact) mass is 445 g/mol. The van der Waals surface area contributed by atoms with Gasteiger partial charge in [-0.05, 0) is 91.8 Å². The van der Waals surface area contributed by atoms with Crippen molar-refractivity contribution in [1.82, 2.24) is 5.43 Å². The normalized spacial score (nSPS) is 43.0. The van der Waals surface area contributed by atoms with E-state index in [1.54, 1.807) is 0 Å². The van der Waals surface area contributed by atoms with Gasteiger partial charge in [0.05, 0.1) is 7.11 Å². The second-order valence-corrected chi connectivity index (χ2v) is 11.8. The number of esters is 1. The maximum Gasteiger partial charge on any atom is 0.332 e. The van der Waals surface area contributed by atoms with Crippen LogP contribution < -0.4 is 11.2 Å². The van der Waals surface area contributed by atoms with Crippen LogP contribution in [0.3, 0.4) is 0 Å². The van der Waals surface area contributed by atoms with E-state index >= 15 is 0 Å². The van der Waals surface area contributed by atoms with Gasteiger partial charge >= 0.3 is 12.0 Å². The fourth-order valence-corrected chi connectivity index (χ4v) is 8.86. The molecule has 2 amide bonds. The molecule has 0 radical (unpaired) electrons. The Morgan fingerprint density at radius 3 is 2.59 bits per heavy atom. The molecule has 32 heavy (non-hydrogen) atoms. The number of ether oxygens (including phenoxy) is 1. The van der Waals surface area contributed by atoms with Crippen molar-refractivity contribution >= 4 is 17.7 Å². The fourth-order valence-electron chi connectivity index (χ4n) is 8.86. The summed E-state index contributed by atoms with van der Waals surface area (Å²) < 4.78 is 4.89. The van der Waals surface area contributed by atoms with Crippen LogP contribution in [0.5, 0.6) is 0 Å². The molecule has 0 aliphatic heterocycles. The predicted molar refractivity (Wildman–Crippen MR) is 126 cm³/mol. The Kier molecular flexibility index (Phi) is 6.61. The molecule has 6 heteroatoms. The number of primary amides is 1. The van der Waals surface area contributed by atoms with Crippen molar-refractivity contribution < 1.29 is 14.3 Å². The summed E-state index contributed by atoms with van der Waals surface area (Å²) in [4.78, 5) is 23.2. The first-order valence-electron chi connectivity index (χ1n) is 12.9. The fraction of sp³-hybridized carbons (Fsp3) is 0.885. The quantitative estimate of drug-likeness (QED) is 0.446. The summed E-state index contributed by atoms with van der Waals surface area (Å²) in [5.74, 6) is 3.39. The third-order valence-corrected chi connectivity index (χ3v) is 10.5. The molecule has 4 aliphatic carbocycles. The highest BCUT2D eigenvalue weighted by Crippen LogP contribution is 2.67. The minimum Gasteiger partial charge on any atom is -0.469 e. The Hall–Kier alpha value is -1.59. The van der Waals surface area contributed by atoms with E-state index in [2.05, 4.69) is 31.3 Å². The first kappa shape index (κ1) is 23.6. The van der Waals surface area contributed by atoms with Gasteiger partial charge in [-0.2, -0.15) is 5.10 Å². The lowest BCUT2D eigenvalue weighted by molar-refractivity contribution is -0.141. The smallest absolute Gasteiger partial charge is 0.332 e. The summed E-state index contributed by atoms with van der Waals surface area (Å²) in [6.45, 7) is 7.39. The number of carbonyl (C=O) groups is 2. The van der Waals surface area contributed by atoms with Crippen molar-refractivity contribution in [2.45, 2.75) is 91.4 Å². The molecule has 0 aromatic rings. The van der Waals surface area contributed by atoms with Gasteiger partial charge in [0.2, 0.25) is 0 Å². The SMILES string of the molecule is COC(=O)CC[C@H](C)[C@H]1CC[C@H]2[C@H]3C(=NNC(N)=O)C[C@@H]4CCCC[C@]4(C)[C@@H]3CC[C@]12C. The van der Waals surface area contributed by atoms with Crippen LogP contribution in [-0.4, -0.2) is 24.8 Å². The largest absolute Gasteiger partial charge is 0.469 e. The summed E-state index contributed by atoms with van der Waals surface area (Å²) in [6, 6.07) is -0.565. The minimum absolute atomic E-state index is 0.101. The number of rotatable bonds is 5. The van der Waals surface area contributed by atoms with Crippen molar-refractivity contribution in [1.29, 1.82) is 0 Å². The minimum atomic E-state index is -0.565. The van der Waals surface area contributed by atoms with Gasteiger partial charge in [-0.25, -0.2) is 10.2 Å². The van der Waals surface area contributed by atoms with Gasteiger partial charge in [0.1, 0.15) is 0 Å². The van der Waals surface area contributed by atoms with Crippen LogP contribution in [0.15, 0.2) is 5.10 Å². The number of nitrogens with zero attached hydrogens (tertiary/aromatic N) is 1. The zero-order valence-electron chi connectivity index (χ0n) is 20.5. The lowest BCUT2D eigenvalue weighted by Gasteiger charge is -2.61. The van der Waals surface area contributed by atoms with Crippen LogP contribution in [0.2, 0.25) is 0 Å². The van der Waals surface area contributed by atoms with Gasteiger partial charge in [0.15, 0.2) is 0 Å². The zero-order valence-corrected chi connectivity index (χ0v) is 20.5. The van der Waals surface area contributed by atoms with Crippen LogP contribution in [0, 0.1) is 46.3 Å². The Morgan fingerprint density at radius 2 is 1.88 bits per heavy atom. The maximum atomic E-state index is 11.7. The second-order valence-electron chi connectivity index (χ2n) is 11.8. The Morgan fingerprint density at radius 1 is 1.12 bits per heavy atom. The maximum absolute atomic E-state index is 11.7. The number of hydrogen-bond donors (Lipinski definition) is 2. The molecule has 4 aliphatic rings. The summed E-state index contributed by atoms with van der Waals surface area (Å²) >= 11 is 0. The molecule has 4 fully saturated rings. The average molecular weight is 446 g/mol. The first-order valence-corrected chi connectivity index (χ1v) is 12.9. The van der Waals surface area contributed by atoms with Crippen LogP contribution >= 0.6 is 0 Å². The van der Waals surface area contributed by atoms with E-state index < -0.39 is 6.03 Å². The van der Waals surface area contributed by atoms with Gasteiger partial charge in [-0.1, -0.05) is 33.6 Å². The van der Waals surface area contributed by atoms with E-state index in [0.29, 0.717) is 47.3 Å². The first-order chi connectivity index (χ1) is 15.2. The highest BCUT2D eigenvalue weighted by molar-refractivity contribution is 5.90. The lowest BCUT2D eigenvalue weighted by atomic mass is 9.44. The van der Waals surface area contributed by atoms with Crippen molar-refractivity contribution in [2.75, 3.05) is 7.11 Å². The van der Waals surface area contributed by atoms with E-state index in [0.717, 1.165) is 12.8 Å². The highest BCUT2D eigenvalue weighted by Gasteiger charge is 2.62. The van der Waals surface area contributed by atoms with Crippen LogP contribution in [0.1, 0.15) is 91.4 Å². The molecule has 0 unspecified atom stereocenters. The molecule has 3 N–H and O–H groups in total. The number of nitrogens with two attached hydrogens (primary N) is 1. The lowest BCUT2D eigenvalue weighted by Crippen LogP contribution is -2.56. The number of hydrazone groups is 1. The van der Waals surface area contributed by atoms with Crippen LogP contribution in [0.25, 0.3) is 0 Å². The van der Waals surface area contributed by atoms with Crippen molar-refractivity contribution in [3.05, 3.63) is 0 Å². The van der Waals surface area contributed by atoms with Crippen molar-refractivity contribution in [2.24, 2.45) is 57.2 Å². The number of hydrogen-bond acceptors (Lipinski definition) is 4. The van der Waals surface area contributed by atoms with Gasteiger partial charge in [-0.15, -0.1) is 0 Å². The summed E-state index contributed by atoms with van der Waals surface area (Å²) in [5.41, 5.74) is 9.87. The highest BCUT2D eigenvalue weighted by atomic mass is 16.5. The molecule has 0 bridgehead atoms. The Bertz CT molecular complexity index is 767. The molecule has 0 spiro atoms. The topological polar surface area (TPSA) is 93.8 Å². The van der Waals surface area contributed by atoms with Crippen molar-refractivity contribution in [3.8, 4) is 0 Å². The number of amides is 2. The third-order valence-electron chi connectivity index (χ3n) is 10.5. The second kappa shape index (κ2) is 8.98. The molecule has 6 nitrogen and oxygen atoms in total. The molecule has 8 atom stereocenters. The summed E-state index contributed by atoms with van der Waals surface area (Å²) in [5, 5.41) is 4.65. The number of urea groups is 1. The number of carbonyl (C=O) groups excluding carboxylic acids is 2. The van der Waals surface area contributed by atoms with E-state index in [1.807, 2.05) is 0 Å². The zero-order chi connectivity index (χ0) is 23.1. The average Bonchev–Trinajstić information content (AvgIpc) is 3.12. The summed E-state index contributed by atoms with van der Waals surface area (Å²) in [6.07, 6.45) is 12.7. The molecular formula is C26H43N3O3.